The molecule has 1 fully saturated rings. The van der Waals surface area contributed by atoms with Crippen LogP contribution < -0.4 is 4.90 Å². The third-order valence-corrected chi connectivity index (χ3v) is 5.08. The van der Waals surface area contributed by atoms with Gasteiger partial charge in [0.05, 0.1) is 15.0 Å². The van der Waals surface area contributed by atoms with E-state index in [1.807, 2.05) is 24.3 Å². The van der Waals surface area contributed by atoms with Gasteiger partial charge in [-0.2, -0.15) is 0 Å². The number of benzene rings is 2. The van der Waals surface area contributed by atoms with Gasteiger partial charge in [-0.25, -0.2) is 0 Å². The molecule has 5 nitrogen and oxygen atoms in total. The van der Waals surface area contributed by atoms with E-state index in [9.17, 15) is 10.1 Å². The van der Waals surface area contributed by atoms with Gasteiger partial charge in [0.1, 0.15) is 0 Å². The highest BCUT2D eigenvalue weighted by molar-refractivity contribution is 6.42. The van der Waals surface area contributed by atoms with E-state index in [1.165, 1.54) is 0 Å². The minimum atomic E-state index is -0.379. The van der Waals surface area contributed by atoms with Crippen molar-refractivity contribution in [1.82, 2.24) is 4.90 Å². The molecule has 1 heterocycles. The summed E-state index contributed by atoms with van der Waals surface area (Å²) in [5, 5.41) is 11.9. The number of piperazine rings is 1. The normalized spacial score (nSPS) is 15.5. The molecule has 24 heavy (non-hydrogen) atoms. The van der Waals surface area contributed by atoms with Crippen LogP contribution in [0.1, 0.15) is 5.56 Å². The van der Waals surface area contributed by atoms with Crippen LogP contribution in [0.2, 0.25) is 10.0 Å². The lowest BCUT2D eigenvalue weighted by Gasteiger charge is -2.36. The third-order valence-electron chi connectivity index (χ3n) is 4.22. The standard InChI is InChI=1S/C17H17Cl2N3O2/c18-16-3-1-2-13(17(16)19)12-20-8-10-21(11-9-20)14-4-6-15(7-5-14)22(23)24/h1-7H,8-12H2. The van der Waals surface area contributed by atoms with Crippen molar-refractivity contribution in [2.45, 2.75) is 6.54 Å². The predicted octanol–water partition coefficient (Wildman–Crippen LogP) is 4.22. The monoisotopic (exact) mass is 365 g/mol. The lowest BCUT2D eigenvalue weighted by atomic mass is 10.2. The summed E-state index contributed by atoms with van der Waals surface area (Å²) in [4.78, 5) is 14.9. The molecule has 126 valence electrons. The molecule has 2 aromatic carbocycles. The second-order valence-electron chi connectivity index (χ2n) is 5.75. The van der Waals surface area contributed by atoms with E-state index < -0.39 is 0 Å². The van der Waals surface area contributed by atoms with E-state index in [-0.39, 0.29) is 10.6 Å². The van der Waals surface area contributed by atoms with Crippen LogP contribution in [0, 0.1) is 10.1 Å². The maximum atomic E-state index is 10.7. The Kier molecular flexibility index (Phi) is 5.23. The zero-order valence-electron chi connectivity index (χ0n) is 13.0. The number of rotatable bonds is 4. The molecule has 0 saturated carbocycles. The molecule has 0 bridgehead atoms. The Bertz CT molecular complexity index is 729. The summed E-state index contributed by atoms with van der Waals surface area (Å²) >= 11 is 12.3. The van der Waals surface area contributed by atoms with Gasteiger partial charge >= 0.3 is 0 Å². The lowest BCUT2D eigenvalue weighted by molar-refractivity contribution is -0.384. The molecular weight excluding hydrogens is 349 g/mol. The quantitative estimate of drug-likeness (QED) is 0.600. The fraction of sp³-hybridized carbons (Fsp3) is 0.294. The third kappa shape index (κ3) is 3.80. The van der Waals surface area contributed by atoms with Crippen LogP contribution in [-0.2, 0) is 6.54 Å². The van der Waals surface area contributed by atoms with Crippen molar-refractivity contribution >= 4 is 34.6 Å². The predicted molar refractivity (Wildman–Crippen MR) is 97.0 cm³/mol. The molecule has 0 spiro atoms. The van der Waals surface area contributed by atoms with Gasteiger partial charge in [-0.3, -0.25) is 15.0 Å². The highest BCUT2D eigenvalue weighted by atomic mass is 35.5. The Balaban J connectivity index is 1.59. The lowest BCUT2D eigenvalue weighted by Crippen LogP contribution is -2.46. The minimum Gasteiger partial charge on any atom is -0.369 e. The van der Waals surface area contributed by atoms with Gasteiger partial charge < -0.3 is 4.90 Å². The first-order valence-electron chi connectivity index (χ1n) is 7.69. The van der Waals surface area contributed by atoms with E-state index >= 15 is 0 Å². The van der Waals surface area contributed by atoms with Crippen LogP contribution in [0.15, 0.2) is 42.5 Å². The zero-order valence-corrected chi connectivity index (χ0v) is 14.5. The highest BCUT2D eigenvalue weighted by Crippen LogP contribution is 2.27. The average molecular weight is 366 g/mol. The summed E-state index contributed by atoms with van der Waals surface area (Å²) < 4.78 is 0. The fourth-order valence-electron chi connectivity index (χ4n) is 2.86. The minimum absolute atomic E-state index is 0.119. The molecule has 0 aliphatic carbocycles. The molecule has 3 rings (SSSR count). The number of nitrogens with zero attached hydrogens (tertiary/aromatic N) is 3. The summed E-state index contributed by atoms with van der Waals surface area (Å²) in [7, 11) is 0. The van der Waals surface area contributed by atoms with Crippen molar-refractivity contribution in [3.05, 3.63) is 68.2 Å². The van der Waals surface area contributed by atoms with Crippen LogP contribution in [0.25, 0.3) is 0 Å². The fourth-order valence-corrected chi connectivity index (χ4v) is 3.24. The Labute approximate surface area is 150 Å². The number of non-ortho nitro benzene ring substituents is 1. The second kappa shape index (κ2) is 7.38. The Morgan fingerprint density at radius 3 is 2.29 bits per heavy atom. The highest BCUT2D eigenvalue weighted by Gasteiger charge is 2.19. The molecule has 0 N–H and O–H groups in total. The Hall–Kier alpha value is -1.82. The summed E-state index contributed by atoms with van der Waals surface area (Å²) in [6, 6.07) is 12.4. The SMILES string of the molecule is O=[N+]([O-])c1ccc(N2CCN(Cc3cccc(Cl)c3Cl)CC2)cc1. The van der Waals surface area contributed by atoms with Gasteiger partial charge in [-0.1, -0.05) is 35.3 Å². The molecule has 0 amide bonds. The molecule has 0 aromatic heterocycles. The first kappa shape index (κ1) is 17.0. The molecular formula is C17H17Cl2N3O2. The zero-order chi connectivity index (χ0) is 17.1. The molecule has 7 heteroatoms. The van der Waals surface area contributed by atoms with Gasteiger partial charge in [0.2, 0.25) is 0 Å². The van der Waals surface area contributed by atoms with Crippen molar-refractivity contribution in [3.8, 4) is 0 Å². The van der Waals surface area contributed by atoms with E-state index in [0.29, 0.717) is 10.0 Å². The number of hydrogen-bond acceptors (Lipinski definition) is 4. The largest absolute Gasteiger partial charge is 0.369 e. The van der Waals surface area contributed by atoms with Gasteiger partial charge in [-0.05, 0) is 23.8 Å². The maximum absolute atomic E-state index is 10.7. The van der Waals surface area contributed by atoms with E-state index in [1.54, 1.807) is 18.2 Å². The molecule has 2 aromatic rings. The van der Waals surface area contributed by atoms with Crippen molar-refractivity contribution in [2.24, 2.45) is 0 Å². The number of nitro benzene ring substituents is 1. The number of hydrogen-bond donors (Lipinski definition) is 0. The number of nitro groups is 1. The Morgan fingerprint density at radius 1 is 1.00 bits per heavy atom. The van der Waals surface area contributed by atoms with Gasteiger partial charge in [0.25, 0.3) is 5.69 Å². The van der Waals surface area contributed by atoms with Crippen LogP contribution >= 0.6 is 23.2 Å². The summed E-state index contributed by atoms with van der Waals surface area (Å²) in [5.74, 6) is 0. The van der Waals surface area contributed by atoms with Crippen molar-refractivity contribution < 1.29 is 4.92 Å². The molecule has 1 aliphatic heterocycles. The van der Waals surface area contributed by atoms with Crippen LogP contribution in [0.4, 0.5) is 11.4 Å². The maximum Gasteiger partial charge on any atom is 0.269 e. The van der Waals surface area contributed by atoms with Gasteiger partial charge in [-0.15, -0.1) is 0 Å². The summed E-state index contributed by atoms with van der Waals surface area (Å²) in [6.07, 6.45) is 0. The van der Waals surface area contributed by atoms with E-state index in [4.69, 9.17) is 23.2 Å². The van der Waals surface area contributed by atoms with E-state index in [2.05, 4.69) is 9.80 Å². The first-order valence-corrected chi connectivity index (χ1v) is 8.45. The molecule has 1 saturated heterocycles. The van der Waals surface area contributed by atoms with Gasteiger partial charge in [0.15, 0.2) is 0 Å². The smallest absolute Gasteiger partial charge is 0.269 e. The summed E-state index contributed by atoms with van der Waals surface area (Å²) in [5.41, 5.74) is 2.17. The second-order valence-corrected chi connectivity index (χ2v) is 6.53. The van der Waals surface area contributed by atoms with Crippen LogP contribution in [0.3, 0.4) is 0 Å². The first-order chi connectivity index (χ1) is 11.5. The summed E-state index contributed by atoms with van der Waals surface area (Å²) in [6.45, 7) is 4.32. The van der Waals surface area contributed by atoms with Crippen molar-refractivity contribution in [2.75, 3.05) is 31.1 Å². The Morgan fingerprint density at radius 2 is 1.67 bits per heavy atom. The molecule has 0 radical (unpaired) electrons. The molecule has 1 aliphatic rings. The van der Waals surface area contributed by atoms with E-state index in [0.717, 1.165) is 44.0 Å². The number of halogens is 2. The molecule has 0 atom stereocenters. The van der Waals surface area contributed by atoms with Crippen molar-refractivity contribution in [3.63, 3.8) is 0 Å². The number of anilines is 1. The topological polar surface area (TPSA) is 49.6 Å². The van der Waals surface area contributed by atoms with Gasteiger partial charge in [0, 0.05) is 50.5 Å². The average Bonchev–Trinajstić information content (AvgIpc) is 2.60. The van der Waals surface area contributed by atoms with Crippen molar-refractivity contribution in [1.29, 1.82) is 0 Å². The molecule has 0 unspecified atom stereocenters. The van der Waals surface area contributed by atoms with Crippen LogP contribution in [0.5, 0.6) is 0 Å². The van der Waals surface area contributed by atoms with Crippen LogP contribution in [-0.4, -0.2) is 36.0 Å².